The molecule has 0 amide bonds. The maximum absolute atomic E-state index is 13.2. The molecule has 0 saturated carbocycles. The van der Waals surface area contributed by atoms with Crippen LogP contribution in [0.2, 0.25) is 0 Å². The molecule has 10 heteroatoms. The molecule has 2 aliphatic heterocycles. The van der Waals surface area contributed by atoms with E-state index in [0.717, 1.165) is 41.5 Å². The van der Waals surface area contributed by atoms with Crippen LogP contribution < -0.4 is 4.90 Å². The third kappa shape index (κ3) is 4.37. The molecular formula is C23H28FN5O2S2. The van der Waals surface area contributed by atoms with Gasteiger partial charge in [-0.1, -0.05) is 0 Å². The minimum atomic E-state index is -3.65. The topological polar surface area (TPSA) is 69.6 Å². The van der Waals surface area contributed by atoms with Gasteiger partial charge in [-0.15, -0.1) is 11.3 Å². The van der Waals surface area contributed by atoms with Crippen LogP contribution in [0.1, 0.15) is 29.1 Å². The summed E-state index contributed by atoms with van der Waals surface area (Å²) in [4.78, 5) is 16.8. The number of benzene rings is 1. The zero-order valence-corrected chi connectivity index (χ0v) is 20.6. The number of hydrogen-bond donors (Lipinski definition) is 0. The molecule has 176 valence electrons. The molecule has 2 fully saturated rings. The third-order valence-electron chi connectivity index (χ3n) is 6.61. The zero-order valence-electron chi connectivity index (χ0n) is 18.9. The summed E-state index contributed by atoms with van der Waals surface area (Å²) in [7, 11) is -3.65. The number of hydrogen-bond acceptors (Lipinski definition) is 7. The second-order valence-corrected chi connectivity index (χ2v) is 11.9. The Morgan fingerprint density at radius 3 is 2.30 bits per heavy atom. The average molecular weight is 490 g/mol. The Morgan fingerprint density at radius 2 is 1.64 bits per heavy atom. The van der Waals surface area contributed by atoms with Gasteiger partial charge in [-0.2, -0.15) is 4.31 Å². The molecule has 0 radical (unpaired) electrons. The lowest BCUT2D eigenvalue weighted by Gasteiger charge is -2.35. The molecule has 0 atom stereocenters. The fourth-order valence-electron chi connectivity index (χ4n) is 4.61. The third-order valence-corrected chi connectivity index (χ3v) is 9.62. The Labute approximate surface area is 197 Å². The van der Waals surface area contributed by atoms with Gasteiger partial charge in [0.15, 0.2) is 0 Å². The molecule has 0 bridgehead atoms. The van der Waals surface area contributed by atoms with E-state index < -0.39 is 15.8 Å². The first kappa shape index (κ1) is 22.6. The highest BCUT2D eigenvalue weighted by Gasteiger charge is 2.30. The van der Waals surface area contributed by atoms with Crippen LogP contribution in [0.3, 0.4) is 0 Å². The van der Waals surface area contributed by atoms with Crippen LogP contribution in [0.4, 0.5) is 10.2 Å². The number of anilines is 1. The summed E-state index contributed by atoms with van der Waals surface area (Å²) in [5.74, 6) is 1.30. The van der Waals surface area contributed by atoms with E-state index in [1.54, 1.807) is 11.3 Å². The number of sulfonamides is 1. The lowest BCUT2D eigenvalue weighted by atomic mass is 10.2. The van der Waals surface area contributed by atoms with E-state index in [4.69, 9.17) is 9.97 Å². The van der Waals surface area contributed by atoms with Crippen molar-refractivity contribution < 1.29 is 12.8 Å². The van der Waals surface area contributed by atoms with Crippen LogP contribution in [-0.4, -0.2) is 66.9 Å². The summed E-state index contributed by atoms with van der Waals surface area (Å²) < 4.78 is 40.8. The smallest absolute Gasteiger partial charge is 0.243 e. The molecule has 5 rings (SSSR count). The summed E-state index contributed by atoms with van der Waals surface area (Å²) in [6, 6.07) is 5.02. The molecule has 7 nitrogen and oxygen atoms in total. The predicted octanol–water partition coefficient (Wildman–Crippen LogP) is 3.55. The molecule has 2 saturated heterocycles. The highest BCUT2D eigenvalue weighted by Crippen LogP contribution is 2.36. The number of aryl methyl sites for hydroxylation is 2. The molecule has 0 aliphatic carbocycles. The monoisotopic (exact) mass is 489 g/mol. The van der Waals surface area contributed by atoms with Crippen molar-refractivity contribution in [3.05, 3.63) is 46.3 Å². The maximum Gasteiger partial charge on any atom is 0.243 e. The van der Waals surface area contributed by atoms with Gasteiger partial charge in [-0.05, 0) is 69.6 Å². The number of rotatable bonds is 5. The molecular weight excluding hydrogens is 461 g/mol. The number of piperazine rings is 1. The summed E-state index contributed by atoms with van der Waals surface area (Å²) in [6.45, 7) is 8.93. The van der Waals surface area contributed by atoms with E-state index in [-0.39, 0.29) is 4.90 Å². The Kier molecular flexibility index (Phi) is 6.11. The van der Waals surface area contributed by atoms with Crippen LogP contribution in [0, 0.1) is 19.7 Å². The van der Waals surface area contributed by atoms with E-state index >= 15 is 0 Å². The van der Waals surface area contributed by atoms with Crippen LogP contribution in [0.25, 0.3) is 10.2 Å². The highest BCUT2D eigenvalue weighted by molar-refractivity contribution is 7.89. The van der Waals surface area contributed by atoms with Gasteiger partial charge in [0.1, 0.15) is 22.3 Å². The Balaban J connectivity index is 1.41. The quantitative estimate of drug-likeness (QED) is 0.546. The number of thiophene rings is 1. The minimum Gasteiger partial charge on any atom is -0.353 e. The summed E-state index contributed by atoms with van der Waals surface area (Å²) in [6.07, 6.45) is 2.44. The van der Waals surface area contributed by atoms with Gasteiger partial charge in [-0.3, -0.25) is 4.90 Å². The van der Waals surface area contributed by atoms with E-state index in [9.17, 15) is 12.8 Å². The first-order valence-corrected chi connectivity index (χ1v) is 13.6. The normalized spacial score (nSPS) is 18.5. The molecule has 2 aliphatic rings. The van der Waals surface area contributed by atoms with Crippen molar-refractivity contribution >= 4 is 37.4 Å². The maximum atomic E-state index is 13.2. The fraction of sp³-hybridized carbons (Fsp3) is 0.478. The number of fused-ring (bicyclic) bond motifs is 1. The summed E-state index contributed by atoms with van der Waals surface area (Å²) in [5.41, 5.74) is 1.19. The van der Waals surface area contributed by atoms with Gasteiger partial charge in [0.2, 0.25) is 10.0 Å². The lowest BCUT2D eigenvalue weighted by molar-refractivity contribution is 0.322. The van der Waals surface area contributed by atoms with Crippen molar-refractivity contribution in [2.75, 3.05) is 44.2 Å². The lowest BCUT2D eigenvalue weighted by Crippen LogP contribution is -2.49. The van der Waals surface area contributed by atoms with Gasteiger partial charge in [0.05, 0.1) is 16.8 Å². The van der Waals surface area contributed by atoms with Crippen molar-refractivity contribution in [1.29, 1.82) is 0 Å². The molecule has 0 unspecified atom stereocenters. The van der Waals surface area contributed by atoms with Crippen LogP contribution >= 0.6 is 11.3 Å². The van der Waals surface area contributed by atoms with E-state index in [0.29, 0.717) is 26.2 Å². The van der Waals surface area contributed by atoms with Crippen LogP contribution in [-0.2, 0) is 16.6 Å². The molecule has 1 aromatic carbocycles. The number of halogens is 1. The standard InChI is InChI=1S/C23H28FN5O2S2/c1-16-17(2)32-23-21(16)22(25-20(26-23)15-27-9-3-4-10-27)28-11-13-29(14-12-28)33(30,31)19-7-5-18(24)6-8-19/h5-8H,3-4,9-15H2,1-2H3. The van der Waals surface area contributed by atoms with Crippen molar-refractivity contribution in [2.45, 2.75) is 38.1 Å². The first-order valence-electron chi connectivity index (χ1n) is 11.3. The van der Waals surface area contributed by atoms with Crippen LogP contribution in [0.15, 0.2) is 29.2 Å². The van der Waals surface area contributed by atoms with Crippen molar-refractivity contribution in [3.8, 4) is 0 Å². The fourth-order valence-corrected chi connectivity index (χ4v) is 7.07. The molecule has 33 heavy (non-hydrogen) atoms. The average Bonchev–Trinajstić information content (AvgIpc) is 3.41. The molecule has 4 heterocycles. The second kappa shape index (κ2) is 8.90. The van der Waals surface area contributed by atoms with Crippen molar-refractivity contribution in [2.24, 2.45) is 0 Å². The largest absolute Gasteiger partial charge is 0.353 e. The van der Waals surface area contributed by atoms with Gasteiger partial charge in [-0.25, -0.2) is 22.8 Å². The zero-order chi connectivity index (χ0) is 23.2. The van der Waals surface area contributed by atoms with Gasteiger partial charge in [0, 0.05) is 31.1 Å². The first-order chi connectivity index (χ1) is 15.8. The Morgan fingerprint density at radius 1 is 0.970 bits per heavy atom. The summed E-state index contributed by atoms with van der Waals surface area (Å²) in [5, 5.41) is 1.08. The van der Waals surface area contributed by atoms with Gasteiger partial charge >= 0.3 is 0 Å². The van der Waals surface area contributed by atoms with Crippen molar-refractivity contribution in [3.63, 3.8) is 0 Å². The van der Waals surface area contributed by atoms with Crippen LogP contribution in [0.5, 0.6) is 0 Å². The Bertz CT molecular complexity index is 1260. The minimum absolute atomic E-state index is 0.124. The van der Waals surface area contributed by atoms with E-state index in [2.05, 4.69) is 23.6 Å². The number of aromatic nitrogens is 2. The summed E-state index contributed by atoms with van der Waals surface area (Å²) >= 11 is 1.70. The van der Waals surface area contributed by atoms with E-state index in [1.807, 2.05) is 0 Å². The van der Waals surface area contributed by atoms with Crippen molar-refractivity contribution in [1.82, 2.24) is 19.2 Å². The van der Waals surface area contributed by atoms with E-state index in [1.165, 1.54) is 51.9 Å². The SMILES string of the molecule is Cc1sc2nc(CN3CCCC3)nc(N3CCN(S(=O)(=O)c4ccc(F)cc4)CC3)c2c1C. The highest BCUT2D eigenvalue weighted by atomic mass is 32.2. The molecule has 3 aromatic rings. The second-order valence-electron chi connectivity index (χ2n) is 8.76. The molecule has 0 N–H and O–H groups in total. The number of likely N-dealkylation sites (tertiary alicyclic amines) is 1. The van der Waals surface area contributed by atoms with Gasteiger partial charge < -0.3 is 4.90 Å². The molecule has 0 spiro atoms. The number of nitrogens with zero attached hydrogens (tertiary/aromatic N) is 5. The predicted molar refractivity (Wildman–Crippen MR) is 129 cm³/mol. The Hall–Kier alpha value is -2.14. The molecule has 2 aromatic heterocycles. The van der Waals surface area contributed by atoms with Gasteiger partial charge in [0.25, 0.3) is 0 Å².